The van der Waals surface area contributed by atoms with Crippen LogP contribution in [0.2, 0.25) is 0 Å². The molecule has 0 radical (unpaired) electrons. The molecular formula is C25H28BrN3O2. The molecule has 3 aromatic rings. The predicted molar refractivity (Wildman–Crippen MR) is 131 cm³/mol. The molecule has 0 unspecified atom stereocenters. The van der Waals surface area contributed by atoms with Crippen molar-refractivity contribution in [3.8, 4) is 5.75 Å². The summed E-state index contributed by atoms with van der Waals surface area (Å²) in [4.78, 5) is 18.2. The van der Waals surface area contributed by atoms with Gasteiger partial charge in [-0.1, -0.05) is 39.0 Å². The van der Waals surface area contributed by atoms with Gasteiger partial charge in [0.05, 0.1) is 4.47 Å². The minimum absolute atomic E-state index is 0.302. The summed E-state index contributed by atoms with van der Waals surface area (Å²) in [6, 6.07) is 13.2. The molecule has 1 aromatic heterocycles. The number of rotatable bonds is 4. The average Bonchev–Trinajstić information content (AvgIpc) is 3.12. The van der Waals surface area contributed by atoms with Crippen molar-refractivity contribution < 1.29 is 9.53 Å². The number of hydrogen-bond acceptors (Lipinski definition) is 3. The highest BCUT2D eigenvalue weighted by Crippen LogP contribution is 2.32. The second-order valence-electron chi connectivity index (χ2n) is 9.18. The zero-order valence-corrected chi connectivity index (χ0v) is 19.8. The van der Waals surface area contributed by atoms with Crippen LogP contribution in [0.5, 0.6) is 5.75 Å². The van der Waals surface area contributed by atoms with Gasteiger partial charge in [-0.2, -0.15) is 0 Å². The van der Waals surface area contributed by atoms with Gasteiger partial charge in [-0.3, -0.25) is 10.2 Å². The van der Waals surface area contributed by atoms with Crippen molar-refractivity contribution in [3.05, 3.63) is 64.8 Å². The number of amides is 1. The first-order valence-corrected chi connectivity index (χ1v) is 11.3. The largest absolute Gasteiger partial charge is 0.417 e. The molecule has 2 heterocycles. The molecule has 1 amide bonds. The maximum atomic E-state index is 12.4. The van der Waals surface area contributed by atoms with Gasteiger partial charge >= 0.3 is 6.09 Å². The molecule has 162 valence electrons. The minimum atomic E-state index is -0.516. The molecule has 5 nitrogen and oxygen atoms in total. The topological polar surface area (TPSA) is 57.4 Å². The third kappa shape index (κ3) is 5.38. The van der Waals surface area contributed by atoms with Crippen LogP contribution in [0, 0.1) is 5.41 Å². The highest BCUT2D eigenvalue weighted by molar-refractivity contribution is 9.10. The Morgan fingerprint density at radius 1 is 1.23 bits per heavy atom. The number of carbonyl (C=O) groups is 1. The summed E-state index contributed by atoms with van der Waals surface area (Å²) >= 11 is 3.39. The maximum Gasteiger partial charge on any atom is 0.417 e. The SMILES string of the molecule is CC(C)(C)CN1CC=C(c2c[nH]c3ccc(NC(=O)Oc4ccccc4Br)cc23)CC1. The number of aromatic amines is 1. The molecule has 1 aliphatic heterocycles. The van der Waals surface area contributed by atoms with Gasteiger partial charge in [-0.25, -0.2) is 4.79 Å². The number of hydrogen-bond donors (Lipinski definition) is 2. The van der Waals surface area contributed by atoms with Crippen molar-refractivity contribution in [2.45, 2.75) is 27.2 Å². The predicted octanol–water partition coefficient (Wildman–Crippen LogP) is 6.68. The zero-order chi connectivity index (χ0) is 22.0. The first-order valence-electron chi connectivity index (χ1n) is 10.5. The molecule has 4 rings (SSSR count). The molecule has 0 atom stereocenters. The van der Waals surface area contributed by atoms with Crippen LogP contribution in [-0.2, 0) is 0 Å². The summed E-state index contributed by atoms with van der Waals surface area (Å²) in [6.07, 6.45) is 4.90. The Bertz CT molecular complexity index is 1130. The molecule has 2 aromatic carbocycles. The highest BCUT2D eigenvalue weighted by atomic mass is 79.9. The van der Waals surface area contributed by atoms with Gasteiger partial charge < -0.3 is 9.72 Å². The molecule has 6 heteroatoms. The molecule has 31 heavy (non-hydrogen) atoms. The number of halogens is 1. The van der Waals surface area contributed by atoms with Gasteiger partial charge in [0.15, 0.2) is 0 Å². The van der Waals surface area contributed by atoms with Crippen LogP contribution in [0.15, 0.2) is 59.2 Å². The van der Waals surface area contributed by atoms with E-state index in [0.29, 0.717) is 16.9 Å². The van der Waals surface area contributed by atoms with Crippen LogP contribution in [0.25, 0.3) is 16.5 Å². The number of ether oxygens (including phenoxy) is 1. The lowest BCUT2D eigenvalue weighted by Gasteiger charge is -2.32. The van der Waals surface area contributed by atoms with Crippen molar-refractivity contribution in [3.63, 3.8) is 0 Å². The van der Waals surface area contributed by atoms with E-state index >= 15 is 0 Å². The fraction of sp³-hybridized carbons (Fsp3) is 0.320. The second-order valence-corrected chi connectivity index (χ2v) is 10.0. The Labute approximate surface area is 191 Å². The van der Waals surface area contributed by atoms with Crippen LogP contribution in [-0.4, -0.2) is 35.6 Å². The number of fused-ring (bicyclic) bond motifs is 1. The Balaban J connectivity index is 1.49. The van der Waals surface area contributed by atoms with Gasteiger partial charge in [0.25, 0.3) is 0 Å². The minimum Gasteiger partial charge on any atom is -0.409 e. The van der Waals surface area contributed by atoms with Crippen LogP contribution < -0.4 is 10.1 Å². The molecule has 1 aliphatic rings. The smallest absolute Gasteiger partial charge is 0.409 e. The quantitative estimate of drug-likeness (QED) is 0.436. The van der Waals surface area contributed by atoms with Crippen molar-refractivity contribution in [1.82, 2.24) is 9.88 Å². The van der Waals surface area contributed by atoms with Gasteiger partial charge in [0.1, 0.15) is 5.75 Å². The van der Waals surface area contributed by atoms with E-state index in [0.717, 1.165) is 41.4 Å². The number of nitrogens with zero attached hydrogens (tertiary/aromatic N) is 1. The van der Waals surface area contributed by atoms with E-state index in [2.05, 4.69) is 64.2 Å². The lowest BCUT2D eigenvalue weighted by molar-refractivity contribution is 0.207. The van der Waals surface area contributed by atoms with Crippen molar-refractivity contribution >= 4 is 44.2 Å². The molecule has 2 N–H and O–H groups in total. The first kappa shape index (κ1) is 21.7. The van der Waals surface area contributed by atoms with Gasteiger partial charge in [-0.15, -0.1) is 0 Å². The summed E-state index contributed by atoms with van der Waals surface area (Å²) in [7, 11) is 0. The Kier molecular flexibility index (Phi) is 6.21. The van der Waals surface area contributed by atoms with Crippen LogP contribution in [0.1, 0.15) is 32.8 Å². The van der Waals surface area contributed by atoms with Crippen LogP contribution >= 0.6 is 15.9 Å². The van der Waals surface area contributed by atoms with E-state index in [9.17, 15) is 4.79 Å². The third-order valence-corrected chi connectivity index (χ3v) is 5.96. The van der Waals surface area contributed by atoms with E-state index in [1.807, 2.05) is 36.4 Å². The average molecular weight is 482 g/mol. The number of benzene rings is 2. The molecule has 0 spiro atoms. The molecule has 0 saturated heterocycles. The lowest BCUT2D eigenvalue weighted by Crippen LogP contribution is -2.35. The standard InChI is InChI=1S/C25H28BrN3O2/c1-25(2,3)16-29-12-10-17(11-13-29)20-15-27-22-9-8-18(14-19(20)22)28-24(30)31-23-7-5-4-6-21(23)26/h4-10,14-15,27H,11-13,16H2,1-3H3,(H,28,30). The van der Waals surface area contributed by atoms with E-state index in [4.69, 9.17) is 4.74 Å². The van der Waals surface area contributed by atoms with E-state index in [-0.39, 0.29) is 0 Å². The van der Waals surface area contributed by atoms with Crippen LogP contribution in [0.4, 0.5) is 10.5 Å². The summed E-state index contributed by atoms with van der Waals surface area (Å²) in [6.45, 7) is 9.96. The van der Waals surface area contributed by atoms with Gasteiger partial charge in [0, 0.05) is 48.0 Å². The maximum absolute atomic E-state index is 12.4. The number of carbonyl (C=O) groups excluding carboxylic acids is 1. The van der Waals surface area contributed by atoms with E-state index in [1.54, 1.807) is 6.07 Å². The molecule has 0 fully saturated rings. The monoisotopic (exact) mass is 481 g/mol. The van der Waals surface area contributed by atoms with Crippen LogP contribution in [0.3, 0.4) is 0 Å². The molecule has 0 bridgehead atoms. The summed E-state index contributed by atoms with van der Waals surface area (Å²) in [5, 5.41) is 3.94. The normalized spacial score (nSPS) is 15.0. The van der Waals surface area contributed by atoms with E-state index < -0.39 is 6.09 Å². The van der Waals surface area contributed by atoms with Crippen molar-refractivity contribution in [2.24, 2.45) is 5.41 Å². The molecule has 0 aliphatic carbocycles. The zero-order valence-electron chi connectivity index (χ0n) is 18.2. The summed E-state index contributed by atoms with van der Waals surface area (Å²) in [5.74, 6) is 0.482. The number of H-pyrrole nitrogens is 1. The Hall–Kier alpha value is -2.57. The fourth-order valence-corrected chi connectivity index (χ4v) is 4.37. The molecular weight excluding hydrogens is 454 g/mol. The summed E-state index contributed by atoms with van der Waals surface area (Å²) in [5.41, 5.74) is 4.61. The fourth-order valence-electron chi connectivity index (χ4n) is 4.01. The second kappa shape index (κ2) is 8.89. The first-order chi connectivity index (χ1) is 14.8. The summed E-state index contributed by atoms with van der Waals surface area (Å²) < 4.78 is 6.15. The van der Waals surface area contributed by atoms with Gasteiger partial charge in [0.2, 0.25) is 0 Å². The van der Waals surface area contributed by atoms with E-state index in [1.165, 1.54) is 11.1 Å². The van der Waals surface area contributed by atoms with Gasteiger partial charge in [-0.05, 0) is 63.7 Å². The Morgan fingerprint density at radius 3 is 2.74 bits per heavy atom. The number of aromatic nitrogens is 1. The number of nitrogens with one attached hydrogen (secondary N) is 2. The lowest BCUT2D eigenvalue weighted by atomic mass is 9.93. The Morgan fingerprint density at radius 2 is 2.03 bits per heavy atom. The number of para-hydroxylation sites is 1. The third-order valence-electron chi connectivity index (χ3n) is 5.30. The van der Waals surface area contributed by atoms with Crippen molar-refractivity contribution in [2.75, 3.05) is 25.0 Å². The van der Waals surface area contributed by atoms with Crippen molar-refractivity contribution in [1.29, 1.82) is 0 Å². The highest BCUT2D eigenvalue weighted by Gasteiger charge is 2.20. The number of anilines is 1. The molecule has 0 saturated carbocycles.